The molecule has 4 heteroatoms. The first-order valence-corrected chi connectivity index (χ1v) is 9.83. The molecule has 2 atom stereocenters. The fraction of sp³-hybridized carbons (Fsp3) is 0.240. The van der Waals surface area contributed by atoms with Gasteiger partial charge in [0.25, 0.3) is 0 Å². The minimum Gasteiger partial charge on any atom is -0.472 e. The number of benzene rings is 3. The van der Waals surface area contributed by atoms with E-state index in [0.29, 0.717) is 5.92 Å². The van der Waals surface area contributed by atoms with Gasteiger partial charge in [0.1, 0.15) is 29.3 Å². The summed E-state index contributed by atoms with van der Waals surface area (Å²) in [5.74, 6) is -0.818. The minimum absolute atomic E-state index is 0.0199. The second-order valence-corrected chi connectivity index (χ2v) is 7.70. The zero-order valence-corrected chi connectivity index (χ0v) is 16.7. The van der Waals surface area contributed by atoms with E-state index in [2.05, 4.69) is 43.1 Å². The zero-order chi connectivity index (χ0) is 20.5. The fourth-order valence-electron chi connectivity index (χ4n) is 3.61. The van der Waals surface area contributed by atoms with Gasteiger partial charge >= 0.3 is 0 Å². The molecule has 0 saturated heterocycles. The van der Waals surface area contributed by atoms with E-state index in [1.165, 1.54) is 23.8 Å². The van der Waals surface area contributed by atoms with Gasteiger partial charge in [-0.2, -0.15) is 0 Å². The Morgan fingerprint density at radius 2 is 1.38 bits per heavy atom. The van der Waals surface area contributed by atoms with Crippen LogP contribution in [0.15, 0.2) is 71.7 Å². The van der Waals surface area contributed by atoms with Gasteiger partial charge < -0.3 is 4.74 Å². The normalized spacial score (nSPS) is 18.6. The number of halogens is 2. The van der Waals surface area contributed by atoms with Crippen molar-refractivity contribution < 1.29 is 13.5 Å². The van der Waals surface area contributed by atoms with Crippen molar-refractivity contribution in [2.24, 2.45) is 4.99 Å². The molecule has 1 aliphatic rings. The van der Waals surface area contributed by atoms with Crippen LogP contribution in [0.2, 0.25) is 0 Å². The van der Waals surface area contributed by atoms with Crippen LogP contribution in [0, 0.1) is 11.6 Å². The van der Waals surface area contributed by atoms with Crippen molar-refractivity contribution in [1.82, 2.24) is 0 Å². The fourth-order valence-corrected chi connectivity index (χ4v) is 3.61. The van der Waals surface area contributed by atoms with E-state index >= 15 is 0 Å². The molecule has 148 valence electrons. The summed E-state index contributed by atoms with van der Waals surface area (Å²) >= 11 is 0. The first-order valence-electron chi connectivity index (χ1n) is 9.83. The van der Waals surface area contributed by atoms with Gasteiger partial charge in [0.15, 0.2) is 0 Å². The highest BCUT2D eigenvalue weighted by Gasteiger charge is 2.32. The molecule has 0 N–H and O–H groups in total. The predicted molar refractivity (Wildman–Crippen MR) is 112 cm³/mol. The summed E-state index contributed by atoms with van der Waals surface area (Å²) in [6.45, 7) is 6.21. The zero-order valence-electron chi connectivity index (χ0n) is 16.7. The minimum atomic E-state index is -0.670. The lowest BCUT2D eigenvalue weighted by molar-refractivity contribution is 0.213. The van der Waals surface area contributed by atoms with Crippen LogP contribution in [0.25, 0.3) is 11.1 Å². The summed E-state index contributed by atoms with van der Waals surface area (Å²) in [5, 5.41) is 0. The molecule has 0 amide bonds. The number of nitrogens with zero attached hydrogens (tertiary/aromatic N) is 1. The SMILES string of the molecule is CC(C)c1ccc(-c2ccc([C@H]3N=C(c4c(F)cccc4F)O[C@H]3C)cc2)cc1. The van der Waals surface area contributed by atoms with E-state index in [1.54, 1.807) is 0 Å². The van der Waals surface area contributed by atoms with Crippen molar-refractivity contribution in [3.05, 3.63) is 95.1 Å². The molecule has 0 aromatic heterocycles. The van der Waals surface area contributed by atoms with Gasteiger partial charge in [-0.3, -0.25) is 0 Å². The van der Waals surface area contributed by atoms with Crippen LogP contribution in [0.5, 0.6) is 0 Å². The summed E-state index contributed by atoms with van der Waals surface area (Å²) in [7, 11) is 0. The molecule has 1 heterocycles. The molecule has 29 heavy (non-hydrogen) atoms. The largest absolute Gasteiger partial charge is 0.472 e. The van der Waals surface area contributed by atoms with Gasteiger partial charge in [-0.25, -0.2) is 13.8 Å². The molecule has 3 aromatic carbocycles. The number of aliphatic imine (C=N–C) groups is 1. The number of ether oxygens (including phenoxy) is 1. The lowest BCUT2D eigenvalue weighted by atomic mass is 9.96. The van der Waals surface area contributed by atoms with Gasteiger partial charge in [0.2, 0.25) is 5.90 Å². The van der Waals surface area contributed by atoms with Crippen LogP contribution in [0.3, 0.4) is 0 Å². The predicted octanol–water partition coefficient (Wildman–Crippen LogP) is 6.66. The number of hydrogen-bond acceptors (Lipinski definition) is 2. The maximum Gasteiger partial charge on any atom is 0.223 e. The van der Waals surface area contributed by atoms with Crippen LogP contribution >= 0.6 is 0 Å². The third-order valence-corrected chi connectivity index (χ3v) is 5.34. The van der Waals surface area contributed by atoms with Crippen LogP contribution < -0.4 is 0 Å². The molecule has 0 fully saturated rings. The lowest BCUT2D eigenvalue weighted by Crippen LogP contribution is -2.14. The van der Waals surface area contributed by atoms with Crippen molar-refractivity contribution in [3.63, 3.8) is 0 Å². The van der Waals surface area contributed by atoms with E-state index in [4.69, 9.17) is 4.74 Å². The van der Waals surface area contributed by atoms with Crippen LogP contribution in [-0.4, -0.2) is 12.0 Å². The van der Waals surface area contributed by atoms with E-state index in [0.717, 1.165) is 16.7 Å². The Morgan fingerprint density at radius 3 is 1.93 bits per heavy atom. The maximum atomic E-state index is 14.1. The Balaban J connectivity index is 1.59. The average molecular weight is 391 g/mol. The average Bonchev–Trinajstić information content (AvgIpc) is 3.09. The Morgan fingerprint density at radius 1 is 0.828 bits per heavy atom. The summed E-state index contributed by atoms with van der Waals surface area (Å²) in [6.07, 6.45) is -0.305. The molecule has 2 nitrogen and oxygen atoms in total. The second kappa shape index (κ2) is 7.78. The summed E-state index contributed by atoms with van der Waals surface area (Å²) in [4.78, 5) is 4.48. The van der Waals surface area contributed by atoms with Crippen molar-refractivity contribution in [2.45, 2.75) is 38.8 Å². The summed E-state index contributed by atoms with van der Waals surface area (Å²) in [6, 6.07) is 20.1. The van der Waals surface area contributed by atoms with Gasteiger partial charge in [-0.1, -0.05) is 68.4 Å². The van der Waals surface area contributed by atoms with Gasteiger partial charge in [0, 0.05) is 0 Å². The monoisotopic (exact) mass is 391 g/mol. The molecule has 1 aliphatic heterocycles. The Kier molecular flexibility index (Phi) is 5.18. The van der Waals surface area contributed by atoms with E-state index in [9.17, 15) is 8.78 Å². The molecular formula is C25H23F2NO. The number of hydrogen-bond donors (Lipinski definition) is 0. The van der Waals surface area contributed by atoms with E-state index < -0.39 is 11.6 Å². The van der Waals surface area contributed by atoms with Crippen LogP contribution in [0.1, 0.15) is 49.4 Å². The second-order valence-electron chi connectivity index (χ2n) is 7.70. The standard InChI is InChI=1S/C25H23F2NO/c1-15(2)17-7-9-18(10-8-17)19-11-13-20(14-12-19)24-16(3)29-25(28-24)23-21(26)5-4-6-22(23)27/h4-16,24H,1-3H3/t16-,24-/m0/s1. The maximum absolute atomic E-state index is 14.1. The molecule has 0 spiro atoms. The summed E-state index contributed by atoms with van der Waals surface area (Å²) in [5.41, 5.74) is 4.31. The quantitative estimate of drug-likeness (QED) is 0.487. The first kappa shape index (κ1) is 19.3. The molecule has 0 radical (unpaired) electrons. The van der Waals surface area contributed by atoms with Crippen molar-refractivity contribution >= 4 is 5.90 Å². The van der Waals surface area contributed by atoms with E-state index in [1.807, 2.05) is 31.2 Å². The Bertz CT molecular complexity index is 1020. The van der Waals surface area contributed by atoms with Gasteiger partial charge in [0.05, 0.1) is 0 Å². The van der Waals surface area contributed by atoms with Crippen molar-refractivity contribution in [1.29, 1.82) is 0 Å². The van der Waals surface area contributed by atoms with Gasteiger partial charge in [-0.05, 0) is 47.2 Å². The highest BCUT2D eigenvalue weighted by Crippen LogP contribution is 2.33. The molecule has 0 bridgehead atoms. The molecule has 0 aliphatic carbocycles. The molecular weight excluding hydrogens is 368 g/mol. The Hall–Kier alpha value is -3.01. The number of rotatable bonds is 4. The molecule has 0 unspecified atom stereocenters. The topological polar surface area (TPSA) is 21.6 Å². The highest BCUT2D eigenvalue weighted by atomic mass is 19.1. The highest BCUT2D eigenvalue weighted by molar-refractivity contribution is 5.96. The smallest absolute Gasteiger partial charge is 0.223 e. The third-order valence-electron chi connectivity index (χ3n) is 5.34. The Labute approximate surface area is 169 Å². The molecule has 0 saturated carbocycles. The molecule has 4 rings (SSSR count). The van der Waals surface area contributed by atoms with E-state index in [-0.39, 0.29) is 23.6 Å². The van der Waals surface area contributed by atoms with Crippen molar-refractivity contribution in [2.75, 3.05) is 0 Å². The third kappa shape index (κ3) is 3.80. The summed E-state index contributed by atoms with van der Waals surface area (Å²) < 4.78 is 33.9. The van der Waals surface area contributed by atoms with Crippen molar-refractivity contribution in [3.8, 4) is 11.1 Å². The van der Waals surface area contributed by atoms with Crippen LogP contribution in [0.4, 0.5) is 8.78 Å². The lowest BCUT2D eigenvalue weighted by Gasteiger charge is -2.14. The first-order chi connectivity index (χ1) is 13.9. The van der Waals surface area contributed by atoms with Crippen LogP contribution in [-0.2, 0) is 4.74 Å². The van der Waals surface area contributed by atoms with Gasteiger partial charge in [-0.15, -0.1) is 0 Å². The molecule has 3 aromatic rings.